The molecule has 1 aromatic rings. The maximum atomic E-state index is 5.82. The molecule has 0 bridgehead atoms. The van der Waals surface area contributed by atoms with E-state index in [1.165, 1.54) is 44.1 Å². The molecule has 0 heterocycles. The first-order valence-corrected chi connectivity index (χ1v) is 8.60. The Morgan fingerprint density at radius 3 is 2.60 bits per heavy atom. The first-order chi connectivity index (χ1) is 9.69. The predicted octanol–water partition coefficient (Wildman–Crippen LogP) is 4.69. The van der Waals surface area contributed by atoms with Crippen molar-refractivity contribution in [3.63, 3.8) is 0 Å². The van der Waals surface area contributed by atoms with E-state index in [1.54, 1.807) is 0 Å². The van der Waals surface area contributed by atoms with Crippen LogP contribution in [0.15, 0.2) is 22.7 Å². The number of nitrogens with two attached hydrogens (primary N) is 1. The molecule has 20 heavy (non-hydrogen) atoms. The van der Waals surface area contributed by atoms with Gasteiger partial charge >= 0.3 is 0 Å². The monoisotopic (exact) mass is 339 g/mol. The summed E-state index contributed by atoms with van der Waals surface area (Å²) in [6.45, 7) is 3.54. The summed E-state index contributed by atoms with van der Waals surface area (Å²) in [5.41, 5.74) is 7.72. The highest BCUT2D eigenvalue weighted by atomic mass is 79.9. The molecule has 1 fully saturated rings. The zero-order valence-corrected chi connectivity index (χ0v) is 14.0. The average Bonchev–Trinajstić information content (AvgIpc) is 2.89. The van der Waals surface area contributed by atoms with E-state index in [4.69, 9.17) is 10.5 Å². The molecule has 0 saturated heterocycles. The number of benzene rings is 1. The molecule has 0 aromatic heterocycles. The second-order valence-corrected chi connectivity index (χ2v) is 6.80. The van der Waals surface area contributed by atoms with E-state index in [1.807, 2.05) is 6.92 Å². The van der Waals surface area contributed by atoms with Gasteiger partial charge in [-0.2, -0.15) is 0 Å². The first-order valence-electron chi connectivity index (χ1n) is 7.80. The van der Waals surface area contributed by atoms with E-state index in [-0.39, 0.29) is 0 Å². The summed E-state index contributed by atoms with van der Waals surface area (Å²) in [6.07, 6.45) is 9.09. The molecule has 112 valence electrons. The van der Waals surface area contributed by atoms with Crippen molar-refractivity contribution in [1.82, 2.24) is 0 Å². The van der Waals surface area contributed by atoms with Gasteiger partial charge in [-0.05, 0) is 84.6 Å². The summed E-state index contributed by atoms with van der Waals surface area (Å²) in [5, 5.41) is 0. The van der Waals surface area contributed by atoms with Crippen LogP contribution in [-0.2, 0) is 6.42 Å². The molecule has 1 aliphatic rings. The van der Waals surface area contributed by atoms with Crippen molar-refractivity contribution >= 4 is 15.9 Å². The van der Waals surface area contributed by atoms with Gasteiger partial charge in [0.1, 0.15) is 5.75 Å². The molecule has 1 aliphatic carbocycles. The van der Waals surface area contributed by atoms with E-state index >= 15 is 0 Å². The number of aryl methyl sites for hydroxylation is 1. The molecule has 2 nitrogen and oxygen atoms in total. The molecule has 2 rings (SSSR count). The standard InChI is InChI=1S/C17H26BrNO/c1-2-20-16-6-5-14(13-15(16)18)7-10-17(11-12-19)8-3-4-9-17/h5-6,13H,2-4,7-12,19H2,1H3. The summed E-state index contributed by atoms with van der Waals surface area (Å²) in [4.78, 5) is 0. The van der Waals surface area contributed by atoms with Crippen molar-refractivity contribution in [2.45, 2.75) is 51.9 Å². The number of hydrogen-bond donors (Lipinski definition) is 1. The smallest absolute Gasteiger partial charge is 0.133 e. The van der Waals surface area contributed by atoms with Gasteiger partial charge in [0.25, 0.3) is 0 Å². The van der Waals surface area contributed by atoms with Crippen LogP contribution in [0.1, 0.15) is 51.0 Å². The van der Waals surface area contributed by atoms with Crippen LogP contribution >= 0.6 is 15.9 Å². The van der Waals surface area contributed by atoms with Crippen LogP contribution in [0, 0.1) is 5.41 Å². The van der Waals surface area contributed by atoms with Crippen LogP contribution in [-0.4, -0.2) is 13.2 Å². The third-order valence-corrected chi connectivity index (χ3v) is 5.20. The quantitative estimate of drug-likeness (QED) is 0.781. The van der Waals surface area contributed by atoms with Crippen molar-refractivity contribution in [3.8, 4) is 5.75 Å². The first kappa shape index (κ1) is 15.8. The maximum Gasteiger partial charge on any atom is 0.133 e. The lowest BCUT2D eigenvalue weighted by Gasteiger charge is -2.28. The van der Waals surface area contributed by atoms with Crippen LogP contribution < -0.4 is 10.5 Å². The van der Waals surface area contributed by atoms with Gasteiger partial charge in [-0.15, -0.1) is 0 Å². The van der Waals surface area contributed by atoms with Crippen LogP contribution in [0.4, 0.5) is 0 Å². The fourth-order valence-corrected chi connectivity index (χ4v) is 3.98. The highest BCUT2D eigenvalue weighted by Gasteiger charge is 2.32. The Labute approximate surface area is 131 Å². The molecule has 0 spiro atoms. The molecule has 1 saturated carbocycles. The SMILES string of the molecule is CCOc1ccc(CCC2(CCN)CCCC2)cc1Br. The second-order valence-electron chi connectivity index (χ2n) is 5.94. The highest BCUT2D eigenvalue weighted by molar-refractivity contribution is 9.10. The van der Waals surface area contributed by atoms with Gasteiger partial charge < -0.3 is 10.5 Å². The van der Waals surface area contributed by atoms with Crippen LogP contribution in [0.25, 0.3) is 0 Å². The zero-order chi connectivity index (χ0) is 14.4. The Morgan fingerprint density at radius 2 is 2.00 bits per heavy atom. The van der Waals surface area contributed by atoms with E-state index < -0.39 is 0 Å². The van der Waals surface area contributed by atoms with Crippen molar-refractivity contribution in [1.29, 1.82) is 0 Å². The molecule has 0 radical (unpaired) electrons. The van der Waals surface area contributed by atoms with E-state index in [0.29, 0.717) is 12.0 Å². The minimum Gasteiger partial charge on any atom is -0.493 e. The van der Waals surface area contributed by atoms with Crippen LogP contribution in [0.3, 0.4) is 0 Å². The molecule has 1 aromatic carbocycles. The van der Waals surface area contributed by atoms with Crippen LogP contribution in [0.5, 0.6) is 5.75 Å². The third kappa shape index (κ3) is 3.98. The number of halogens is 1. The number of rotatable bonds is 7. The van der Waals surface area contributed by atoms with Crippen molar-refractivity contribution in [3.05, 3.63) is 28.2 Å². The zero-order valence-electron chi connectivity index (χ0n) is 12.5. The minimum atomic E-state index is 0.514. The average molecular weight is 340 g/mol. The van der Waals surface area contributed by atoms with E-state index in [2.05, 4.69) is 34.1 Å². The van der Waals surface area contributed by atoms with E-state index in [0.717, 1.165) is 23.2 Å². The van der Waals surface area contributed by atoms with Crippen molar-refractivity contribution in [2.75, 3.05) is 13.2 Å². The number of hydrogen-bond acceptors (Lipinski definition) is 2. The largest absolute Gasteiger partial charge is 0.493 e. The molecular formula is C17H26BrNO. The summed E-state index contributed by atoms with van der Waals surface area (Å²) in [7, 11) is 0. The van der Waals surface area contributed by atoms with Gasteiger partial charge in [0.2, 0.25) is 0 Å². The molecular weight excluding hydrogens is 314 g/mol. The lowest BCUT2D eigenvalue weighted by Crippen LogP contribution is -2.21. The second kappa shape index (κ2) is 7.46. The number of ether oxygens (including phenoxy) is 1. The fraction of sp³-hybridized carbons (Fsp3) is 0.647. The molecule has 3 heteroatoms. The summed E-state index contributed by atoms with van der Waals surface area (Å²) in [6, 6.07) is 6.48. The minimum absolute atomic E-state index is 0.514. The normalized spacial score (nSPS) is 17.4. The topological polar surface area (TPSA) is 35.2 Å². The molecule has 0 atom stereocenters. The summed E-state index contributed by atoms with van der Waals surface area (Å²) < 4.78 is 6.63. The van der Waals surface area contributed by atoms with Crippen molar-refractivity contribution < 1.29 is 4.74 Å². The Morgan fingerprint density at radius 1 is 1.25 bits per heavy atom. The Hall–Kier alpha value is -0.540. The van der Waals surface area contributed by atoms with Gasteiger partial charge in [-0.25, -0.2) is 0 Å². The van der Waals surface area contributed by atoms with Crippen LogP contribution in [0.2, 0.25) is 0 Å². The van der Waals surface area contributed by atoms with E-state index in [9.17, 15) is 0 Å². The highest BCUT2D eigenvalue weighted by Crippen LogP contribution is 2.44. The predicted molar refractivity (Wildman–Crippen MR) is 88.2 cm³/mol. The molecule has 0 aliphatic heterocycles. The Kier molecular flexibility index (Phi) is 5.91. The summed E-state index contributed by atoms with van der Waals surface area (Å²) >= 11 is 3.60. The lowest BCUT2D eigenvalue weighted by atomic mass is 9.78. The molecule has 0 amide bonds. The fourth-order valence-electron chi connectivity index (χ4n) is 3.44. The maximum absolute atomic E-state index is 5.82. The van der Waals surface area contributed by atoms with Gasteiger partial charge in [0, 0.05) is 0 Å². The van der Waals surface area contributed by atoms with Gasteiger partial charge in [0.05, 0.1) is 11.1 Å². The lowest BCUT2D eigenvalue weighted by molar-refractivity contribution is 0.253. The van der Waals surface area contributed by atoms with Gasteiger partial charge in [-0.3, -0.25) is 0 Å². The third-order valence-electron chi connectivity index (χ3n) is 4.58. The van der Waals surface area contributed by atoms with Crippen molar-refractivity contribution in [2.24, 2.45) is 11.1 Å². The van der Waals surface area contributed by atoms with Gasteiger partial charge in [0.15, 0.2) is 0 Å². The molecule has 2 N–H and O–H groups in total. The Balaban J connectivity index is 1.97. The molecule has 0 unspecified atom stereocenters. The van der Waals surface area contributed by atoms with Gasteiger partial charge in [-0.1, -0.05) is 18.9 Å². The summed E-state index contributed by atoms with van der Waals surface area (Å²) in [5.74, 6) is 0.939. The Bertz CT molecular complexity index is 427.